The van der Waals surface area contributed by atoms with E-state index in [0.717, 1.165) is 13.1 Å². The molecule has 102 valence electrons. The summed E-state index contributed by atoms with van der Waals surface area (Å²) >= 11 is 1.79. The maximum absolute atomic E-state index is 6.03. The van der Waals surface area contributed by atoms with Gasteiger partial charge in [0.25, 0.3) is 0 Å². The van der Waals surface area contributed by atoms with Crippen LogP contribution in [0.15, 0.2) is 5.38 Å². The van der Waals surface area contributed by atoms with Gasteiger partial charge in [0.1, 0.15) is 0 Å². The summed E-state index contributed by atoms with van der Waals surface area (Å²) in [6.07, 6.45) is 2.55. The van der Waals surface area contributed by atoms with E-state index in [2.05, 4.69) is 31.1 Å². The van der Waals surface area contributed by atoms with Crippen LogP contribution in [-0.2, 0) is 6.54 Å². The lowest BCUT2D eigenvalue weighted by Gasteiger charge is -2.34. The molecule has 18 heavy (non-hydrogen) atoms. The highest BCUT2D eigenvalue weighted by atomic mass is 32.1. The molecule has 0 aromatic carbocycles. The molecule has 1 aliphatic heterocycles. The topological polar surface area (TPSA) is 42.2 Å². The molecule has 0 spiro atoms. The average molecular weight is 267 g/mol. The number of nitrogens with zero attached hydrogens (tertiary/aromatic N) is 2. The fraction of sp³-hybridized carbons (Fsp3) is 0.786. The van der Waals surface area contributed by atoms with Gasteiger partial charge >= 0.3 is 0 Å². The van der Waals surface area contributed by atoms with Gasteiger partial charge in [0.15, 0.2) is 0 Å². The van der Waals surface area contributed by atoms with E-state index in [0.29, 0.717) is 17.9 Å². The molecule has 2 heterocycles. The molecule has 1 aromatic heterocycles. The van der Waals surface area contributed by atoms with Crippen LogP contribution in [0.1, 0.15) is 50.2 Å². The van der Waals surface area contributed by atoms with E-state index in [-0.39, 0.29) is 0 Å². The van der Waals surface area contributed by atoms with Gasteiger partial charge < -0.3 is 5.73 Å². The molecule has 0 saturated carbocycles. The molecule has 0 radical (unpaired) electrons. The standard InChI is InChI=1S/C14H25N3S/c1-10(2)14-16-13(9-18-14)8-17-6-4-5-12(7-17)11(3)15/h9-12H,4-8,15H2,1-3H3. The highest BCUT2D eigenvalue weighted by Crippen LogP contribution is 2.23. The second kappa shape index (κ2) is 6.13. The van der Waals surface area contributed by atoms with Crippen molar-refractivity contribution in [3.8, 4) is 0 Å². The first-order chi connectivity index (χ1) is 8.56. The molecular formula is C14H25N3S. The second-order valence-corrected chi connectivity index (χ2v) is 6.72. The molecule has 1 aromatic rings. The van der Waals surface area contributed by atoms with Crippen molar-refractivity contribution in [2.45, 2.75) is 52.1 Å². The normalized spacial score (nSPS) is 23.5. The lowest BCUT2D eigenvalue weighted by Crippen LogP contribution is -2.41. The average Bonchev–Trinajstić information content (AvgIpc) is 2.78. The third-order valence-corrected chi connectivity index (χ3v) is 4.93. The van der Waals surface area contributed by atoms with E-state index >= 15 is 0 Å². The van der Waals surface area contributed by atoms with Crippen molar-refractivity contribution < 1.29 is 0 Å². The smallest absolute Gasteiger partial charge is 0.0954 e. The Balaban J connectivity index is 1.92. The van der Waals surface area contributed by atoms with Gasteiger partial charge in [0.2, 0.25) is 0 Å². The lowest BCUT2D eigenvalue weighted by atomic mass is 9.92. The molecule has 2 unspecified atom stereocenters. The van der Waals surface area contributed by atoms with Crippen molar-refractivity contribution >= 4 is 11.3 Å². The van der Waals surface area contributed by atoms with Crippen LogP contribution in [0.3, 0.4) is 0 Å². The minimum absolute atomic E-state index is 0.314. The largest absolute Gasteiger partial charge is 0.328 e. The first-order valence-corrected chi connectivity index (χ1v) is 7.86. The first kappa shape index (κ1) is 14.0. The van der Waals surface area contributed by atoms with E-state index in [1.165, 1.54) is 30.1 Å². The summed E-state index contributed by atoms with van der Waals surface area (Å²) in [5, 5.41) is 3.47. The summed E-state index contributed by atoms with van der Waals surface area (Å²) in [5.74, 6) is 1.20. The summed E-state index contributed by atoms with van der Waals surface area (Å²) in [7, 11) is 0. The van der Waals surface area contributed by atoms with E-state index < -0.39 is 0 Å². The summed E-state index contributed by atoms with van der Waals surface area (Å²) in [6.45, 7) is 9.86. The molecule has 1 aliphatic rings. The van der Waals surface area contributed by atoms with Gasteiger partial charge in [0, 0.05) is 30.4 Å². The number of nitrogens with two attached hydrogens (primary N) is 1. The first-order valence-electron chi connectivity index (χ1n) is 6.98. The van der Waals surface area contributed by atoms with Gasteiger partial charge in [-0.05, 0) is 32.2 Å². The molecule has 0 aliphatic carbocycles. The van der Waals surface area contributed by atoms with Crippen molar-refractivity contribution in [2.24, 2.45) is 11.7 Å². The maximum Gasteiger partial charge on any atom is 0.0954 e. The minimum atomic E-state index is 0.314. The SMILES string of the molecule is CC(C)c1nc(CN2CCCC(C(C)N)C2)cs1. The lowest BCUT2D eigenvalue weighted by molar-refractivity contribution is 0.153. The van der Waals surface area contributed by atoms with Crippen LogP contribution in [-0.4, -0.2) is 29.0 Å². The Bertz CT molecular complexity index is 373. The number of piperidine rings is 1. The molecule has 2 N–H and O–H groups in total. The summed E-state index contributed by atoms with van der Waals surface area (Å²) < 4.78 is 0. The Morgan fingerprint density at radius 2 is 2.28 bits per heavy atom. The van der Waals surface area contributed by atoms with Crippen LogP contribution < -0.4 is 5.73 Å². The highest BCUT2D eigenvalue weighted by Gasteiger charge is 2.23. The number of aromatic nitrogens is 1. The molecule has 0 bridgehead atoms. The third-order valence-electron chi connectivity index (χ3n) is 3.73. The molecule has 2 atom stereocenters. The van der Waals surface area contributed by atoms with Crippen LogP contribution >= 0.6 is 11.3 Å². The van der Waals surface area contributed by atoms with Crippen molar-refractivity contribution in [2.75, 3.05) is 13.1 Å². The number of thiazole rings is 1. The zero-order chi connectivity index (χ0) is 13.1. The van der Waals surface area contributed by atoms with Gasteiger partial charge in [-0.25, -0.2) is 4.98 Å². The Morgan fingerprint density at radius 3 is 2.89 bits per heavy atom. The van der Waals surface area contributed by atoms with E-state index in [1.807, 2.05) is 0 Å². The van der Waals surface area contributed by atoms with Crippen LogP contribution in [0, 0.1) is 5.92 Å². The van der Waals surface area contributed by atoms with Crippen molar-refractivity contribution in [1.29, 1.82) is 0 Å². The monoisotopic (exact) mass is 267 g/mol. The zero-order valence-corrected chi connectivity index (χ0v) is 12.5. The second-order valence-electron chi connectivity index (χ2n) is 5.83. The Labute approximate surface area is 114 Å². The van der Waals surface area contributed by atoms with Crippen molar-refractivity contribution in [3.63, 3.8) is 0 Å². The number of hydrogen-bond donors (Lipinski definition) is 1. The maximum atomic E-state index is 6.03. The Hall–Kier alpha value is -0.450. The molecule has 0 amide bonds. The van der Waals surface area contributed by atoms with E-state index in [9.17, 15) is 0 Å². The summed E-state index contributed by atoms with van der Waals surface area (Å²) in [6, 6.07) is 0.314. The van der Waals surface area contributed by atoms with Gasteiger partial charge in [-0.1, -0.05) is 13.8 Å². The van der Waals surface area contributed by atoms with Crippen molar-refractivity contribution in [1.82, 2.24) is 9.88 Å². The molecular weight excluding hydrogens is 242 g/mol. The van der Waals surface area contributed by atoms with Gasteiger partial charge in [-0.3, -0.25) is 4.90 Å². The fourth-order valence-electron chi connectivity index (χ4n) is 2.55. The molecule has 1 fully saturated rings. The van der Waals surface area contributed by atoms with Crippen LogP contribution in [0.2, 0.25) is 0 Å². The predicted octanol–water partition coefficient (Wildman–Crippen LogP) is 2.83. The van der Waals surface area contributed by atoms with Gasteiger partial charge in [-0.2, -0.15) is 0 Å². The molecule has 4 heteroatoms. The fourth-order valence-corrected chi connectivity index (χ4v) is 3.38. The minimum Gasteiger partial charge on any atom is -0.328 e. The molecule has 1 saturated heterocycles. The van der Waals surface area contributed by atoms with Crippen LogP contribution in [0.4, 0.5) is 0 Å². The predicted molar refractivity (Wildman–Crippen MR) is 77.9 cm³/mol. The van der Waals surface area contributed by atoms with Gasteiger partial charge in [0.05, 0.1) is 10.7 Å². The Morgan fingerprint density at radius 1 is 1.50 bits per heavy atom. The third kappa shape index (κ3) is 3.53. The van der Waals surface area contributed by atoms with Crippen LogP contribution in [0.5, 0.6) is 0 Å². The van der Waals surface area contributed by atoms with Crippen LogP contribution in [0.25, 0.3) is 0 Å². The summed E-state index contributed by atoms with van der Waals surface area (Å²) in [4.78, 5) is 7.23. The molecule has 2 rings (SSSR count). The number of likely N-dealkylation sites (tertiary alicyclic amines) is 1. The number of hydrogen-bond acceptors (Lipinski definition) is 4. The zero-order valence-electron chi connectivity index (χ0n) is 11.7. The summed E-state index contributed by atoms with van der Waals surface area (Å²) in [5.41, 5.74) is 7.26. The van der Waals surface area contributed by atoms with Gasteiger partial charge in [-0.15, -0.1) is 11.3 Å². The quantitative estimate of drug-likeness (QED) is 0.912. The molecule has 3 nitrogen and oxygen atoms in total. The Kier molecular flexibility index (Phi) is 4.76. The van der Waals surface area contributed by atoms with Crippen molar-refractivity contribution in [3.05, 3.63) is 16.1 Å². The van der Waals surface area contributed by atoms with E-state index in [1.54, 1.807) is 11.3 Å². The van der Waals surface area contributed by atoms with E-state index in [4.69, 9.17) is 10.7 Å². The number of rotatable bonds is 4. The highest BCUT2D eigenvalue weighted by molar-refractivity contribution is 7.09.